The van der Waals surface area contributed by atoms with Gasteiger partial charge in [0.1, 0.15) is 0 Å². The van der Waals surface area contributed by atoms with E-state index in [4.69, 9.17) is 9.84 Å². The molecule has 0 saturated carbocycles. The molecule has 1 saturated heterocycles. The van der Waals surface area contributed by atoms with Crippen molar-refractivity contribution >= 4 is 11.9 Å². The zero-order chi connectivity index (χ0) is 15.9. The van der Waals surface area contributed by atoms with E-state index in [1.807, 2.05) is 18.2 Å². The molecule has 5 nitrogen and oxygen atoms in total. The molecule has 1 N–H and O–H groups in total. The Balaban J connectivity index is 1.88. The zero-order valence-corrected chi connectivity index (χ0v) is 12.9. The lowest BCUT2D eigenvalue weighted by Crippen LogP contribution is -2.49. The smallest absolute Gasteiger partial charge is 0.305 e. The molecule has 1 heterocycles. The molecule has 0 bridgehead atoms. The van der Waals surface area contributed by atoms with E-state index in [0.29, 0.717) is 32.1 Å². The van der Waals surface area contributed by atoms with Gasteiger partial charge in [-0.1, -0.05) is 37.3 Å². The number of carbonyl (C=O) groups is 2. The predicted octanol–water partition coefficient (Wildman–Crippen LogP) is 2.27. The van der Waals surface area contributed by atoms with E-state index < -0.39 is 5.97 Å². The molecule has 1 aromatic rings. The van der Waals surface area contributed by atoms with Gasteiger partial charge in [0, 0.05) is 13.0 Å². The maximum Gasteiger partial charge on any atom is 0.305 e. The molecule has 2 rings (SSSR count). The Morgan fingerprint density at radius 1 is 1.36 bits per heavy atom. The van der Waals surface area contributed by atoms with E-state index >= 15 is 0 Å². The van der Waals surface area contributed by atoms with Crippen LogP contribution >= 0.6 is 0 Å². The quantitative estimate of drug-likeness (QED) is 0.875. The van der Waals surface area contributed by atoms with Gasteiger partial charge in [0.15, 0.2) is 0 Å². The molecular weight excluding hydrogens is 282 g/mol. The molecule has 1 aliphatic rings. The summed E-state index contributed by atoms with van der Waals surface area (Å²) in [4.78, 5) is 25.0. The Labute approximate surface area is 130 Å². The van der Waals surface area contributed by atoms with Crippen molar-refractivity contribution in [1.29, 1.82) is 0 Å². The van der Waals surface area contributed by atoms with Gasteiger partial charge in [-0.15, -0.1) is 0 Å². The lowest BCUT2D eigenvalue weighted by Gasteiger charge is -2.35. The zero-order valence-electron chi connectivity index (χ0n) is 12.9. The van der Waals surface area contributed by atoms with E-state index in [1.54, 1.807) is 4.90 Å². The fourth-order valence-corrected chi connectivity index (χ4v) is 2.79. The molecule has 1 aromatic carbocycles. The normalized spacial score (nSPS) is 19.7. The number of nitrogens with zero attached hydrogens (tertiary/aromatic N) is 1. The Morgan fingerprint density at radius 3 is 2.77 bits per heavy atom. The molecular formula is C17H23NO4. The minimum Gasteiger partial charge on any atom is -0.481 e. The summed E-state index contributed by atoms with van der Waals surface area (Å²) < 4.78 is 5.30. The number of hydrogen-bond acceptors (Lipinski definition) is 3. The van der Waals surface area contributed by atoms with Gasteiger partial charge in [-0.05, 0) is 17.9 Å². The molecule has 5 heteroatoms. The van der Waals surface area contributed by atoms with Crippen molar-refractivity contribution in [1.82, 2.24) is 4.90 Å². The molecule has 0 aromatic heterocycles. The minimum atomic E-state index is -0.897. The van der Waals surface area contributed by atoms with Gasteiger partial charge in [-0.2, -0.15) is 0 Å². The molecule has 2 unspecified atom stereocenters. The van der Waals surface area contributed by atoms with Crippen molar-refractivity contribution in [3.05, 3.63) is 35.9 Å². The Bertz CT molecular complexity index is 503. The van der Waals surface area contributed by atoms with Crippen molar-refractivity contribution in [2.24, 2.45) is 0 Å². The van der Waals surface area contributed by atoms with Crippen LogP contribution in [-0.4, -0.2) is 47.7 Å². The molecule has 1 fully saturated rings. The maximum atomic E-state index is 12.4. The third kappa shape index (κ3) is 4.56. The largest absolute Gasteiger partial charge is 0.481 e. The molecule has 1 aliphatic heterocycles. The van der Waals surface area contributed by atoms with E-state index in [-0.39, 0.29) is 18.4 Å². The molecule has 0 spiro atoms. The number of benzene rings is 1. The molecule has 0 radical (unpaired) electrons. The molecule has 22 heavy (non-hydrogen) atoms. The van der Waals surface area contributed by atoms with Gasteiger partial charge in [0.05, 0.1) is 25.7 Å². The van der Waals surface area contributed by atoms with Crippen LogP contribution in [-0.2, 0) is 14.3 Å². The second-order valence-electron chi connectivity index (χ2n) is 5.76. The number of morpholine rings is 1. The first-order chi connectivity index (χ1) is 10.6. The van der Waals surface area contributed by atoms with E-state index in [9.17, 15) is 9.59 Å². The Hall–Kier alpha value is -1.88. The predicted molar refractivity (Wildman–Crippen MR) is 82.7 cm³/mol. The number of hydrogen-bond donors (Lipinski definition) is 1. The van der Waals surface area contributed by atoms with Crippen molar-refractivity contribution in [3.63, 3.8) is 0 Å². The van der Waals surface area contributed by atoms with Crippen LogP contribution in [0.5, 0.6) is 0 Å². The summed E-state index contributed by atoms with van der Waals surface area (Å²) in [6.07, 6.45) is 1.14. The van der Waals surface area contributed by atoms with Crippen LogP contribution in [0.2, 0.25) is 0 Å². The number of amides is 1. The Kier molecular flexibility index (Phi) is 5.95. The van der Waals surface area contributed by atoms with E-state index in [0.717, 1.165) is 6.42 Å². The van der Waals surface area contributed by atoms with Crippen molar-refractivity contribution < 1.29 is 19.4 Å². The fraction of sp³-hybridized carbons (Fsp3) is 0.529. The SMILES string of the molecule is CC(CCC(=O)N1CCOCC1CC(=O)O)c1ccccc1. The number of rotatable bonds is 6. The lowest BCUT2D eigenvalue weighted by molar-refractivity contribution is -0.146. The van der Waals surface area contributed by atoms with Crippen molar-refractivity contribution in [3.8, 4) is 0 Å². The topological polar surface area (TPSA) is 66.8 Å². The van der Waals surface area contributed by atoms with E-state index in [1.165, 1.54) is 5.56 Å². The molecule has 1 amide bonds. The van der Waals surface area contributed by atoms with Crippen LogP contribution in [0, 0.1) is 0 Å². The summed E-state index contributed by atoms with van der Waals surface area (Å²) in [6, 6.07) is 9.77. The molecule has 2 atom stereocenters. The minimum absolute atomic E-state index is 0.0253. The van der Waals surface area contributed by atoms with Gasteiger partial charge in [-0.25, -0.2) is 0 Å². The summed E-state index contributed by atoms with van der Waals surface area (Å²) in [5.74, 6) is -0.563. The number of ether oxygens (including phenoxy) is 1. The third-order valence-electron chi connectivity index (χ3n) is 4.12. The first kappa shape index (κ1) is 16.5. The van der Waals surface area contributed by atoms with Crippen LogP contribution in [0.1, 0.15) is 37.7 Å². The Morgan fingerprint density at radius 2 is 2.09 bits per heavy atom. The first-order valence-electron chi connectivity index (χ1n) is 7.72. The second kappa shape index (κ2) is 7.94. The monoisotopic (exact) mass is 305 g/mol. The highest BCUT2D eigenvalue weighted by molar-refractivity contribution is 5.78. The van der Waals surface area contributed by atoms with Crippen LogP contribution < -0.4 is 0 Å². The van der Waals surface area contributed by atoms with Crippen LogP contribution in [0.25, 0.3) is 0 Å². The average molecular weight is 305 g/mol. The van der Waals surface area contributed by atoms with Crippen LogP contribution in [0.3, 0.4) is 0 Å². The number of carboxylic acid groups (broad SMARTS) is 1. The van der Waals surface area contributed by atoms with E-state index in [2.05, 4.69) is 19.1 Å². The average Bonchev–Trinajstić information content (AvgIpc) is 2.53. The summed E-state index contributed by atoms with van der Waals surface area (Å²) in [5.41, 5.74) is 1.22. The highest BCUT2D eigenvalue weighted by Gasteiger charge is 2.28. The first-order valence-corrected chi connectivity index (χ1v) is 7.72. The highest BCUT2D eigenvalue weighted by atomic mass is 16.5. The van der Waals surface area contributed by atoms with Gasteiger partial charge >= 0.3 is 5.97 Å². The van der Waals surface area contributed by atoms with Crippen LogP contribution in [0.15, 0.2) is 30.3 Å². The summed E-state index contributed by atoms with van der Waals surface area (Å²) >= 11 is 0. The van der Waals surface area contributed by atoms with Gasteiger partial charge in [0.2, 0.25) is 5.91 Å². The van der Waals surface area contributed by atoms with Crippen molar-refractivity contribution in [2.45, 2.75) is 38.1 Å². The molecule has 0 aliphatic carbocycles. The third-order valence-corrected chi connectivity index (χ3v) is 4.12. The van der Waals surface area contributed by atoms with Crippen LogP contribution in [0.4, 0.5) is 0 Å². The lowest BCUT2D eigenvalue weighted by atomic mass is 9.96. The summed E-state index contributed by atoms with van der Waals surface area (Å²) in [5, 5.41) is 8.94. The fourth-order valence-electron chi connectivity index (χ4n) is 2.79. The molecule has 120 valence electrons. The second-order valence-corrected chi connectivity index (χ2v) is 5.76. The van der Waals surface area contributed by atoms with Gasteiger partial charge in [-0.3, -0.25) is 9.59 Å². The highest BCUT2D eigenvalue weighted by Crippen LogP contribution is 2.22. The summed E-state index contributed by atoms with van der Waals surface area (Å²) in [7, 11) is 0. The van der Waals surface area contributed by atoms with Gasteiger partial charge < -0.3 is 14.7 Å². The van der Waals surface area contributed by atoms with Gasteiger partial charge in [0.25, 0.3) is 0 Å². The maximum absolute atomic E-state index is 12.4. The standard InChI is InChI=1S/C17H23NO4/c1-13(14-5-3-2-4-6-14)7-8-16(19)18-9-10-22-12-15(18)11-17(20)21/h2-6,13,15H,7-12H2,1H3,(H,20,21). The number of carbonyl (C=O) groups excluding carboxylic acids is 1. The van der Waals surface area contributed by atoms with Crippen molar-refractivity contribution in [2.75, 3.05) is 19.8 Å². The number of carboxylic acids is 1. The summed E-state index contributed by atoms with van der Waals surface area (Å²) in [6.45, 7) is 3.38. The number of aliphatic carboxylic acids is 1.